The fourth-order valence-electron chi connectivity index (χ4n) is 3.07. The number of fused-ring (bicyclic) bond motifs is 1. The smallest absolute Gasteiger partial charge is 0.337 e. The van der Waals surface area contributed by atoms with Gasteiger partial charge in [0.1, 0.15) is 5.82 Å². The predicted molar refractivity (Wildman–Crippen MR) is 127 cm³/mol. The second-order valence-corrected chi connectivity index (χ2v) is 8.17. The van der Waals surface area contributed by atoms with Gasteiger partial charge in [0.2, 0.25) is 5.91 Å². The lowest BCUT2D eigenvalue weighted by Gasteiger charge is -2.13. The molecule has 0 bridgehead atoms. The molecule has 0 radical (unpaired) electrons. The van der Waals surface area contributed by atoms with E-state index < -0.39 is 5.97 Å². The van der Waals surface area contributed by atoms with E-state index in [0.29, 0.717) is 32.6 Å². The van der Waals surface area contributed by atoms with Crippen LogP contribution in [0.5, 0.6) is 0 Å². The van der Waals surface area contributed by atoms with Gasteiger partial charge in [0.15, 0.2) is 5.16 Å². The van der Waals surface area contributed by atoms with Crippen molar-refractivity contribution in [1.29, 1.82) is 0 Å². The number of hydrogen-bond donors (Lipinski definition) is 1. The largest absolute Gasteiger partial charge is 0.465 e. The third-order valence-electron chi connectivity index (χ3n) is 4.60. The van der Waals surface area contributed by atoms with Gasteiger partial charge in [0.25, 0.3) is 5.56 Å². The summed E-state index contributed by atoms with van der Waals surface area (Å²) in [6.45, 7) is 0. The summed E-state index contributed by atoms with van der Waals surface area (Å²) in [6, 6.07) is 16.8. The van der Waals surface area contributed by atoms with E-state index in [-0.39, 0.29) is 22.8 Å². The van der Waals surface area contributed by atoms with Gasteiger partial charge in [-0.1, -0.05) is 41.6 Å². The number of esters is 1. The van der Waals surface area contributed by atoms with Crippen LogP contribution in [0, 0.1) is 0 Å². The van der Waals surface area contributed by atoms with E-state index in [2.05, 4.69) is 15.3 Å². The molecular weight excluding hydrogens is 464 g/mol. The molecule has 2 aromatic heterocycles. The maximum absolute atomic E-state index is 13.3. The minimum absolute atomic E-state index is 0.0220. The SMILES string of the molecule is COC(=O)c1ccc2c(=O)n(-c3ccccc3)c(SCC(=O)Nc3ccc(Cl)cn3)nc2c1. The molecule has 0 saturated carbocycles. The molecule has 166 valence electrons. The Hall–Kier alpha value is -3.69. The number of benzene rings is 2. The molecule has 8 nitrogen and oxygen atoms in total. The van der Waals surface area contributed by atoms with Crippen molar-refractivity contribution in [1.82, 2.24) is 14.5 Å². The number of rotatable bonds is 6. The standard InChI is InChI=1S/C23H17ClN4O4S/c1-32-22(31)14-7-9-17-18(11-14)26-23(28(21(17)30)16-5-3-2-4-6-16)33-13-20(29)27-19-10-8-15(24)12-25-19/h2-12H,13H2,1H3,(H,25,27,29). The molecule has 0 spiro atoms. The summed E-state index contributed by atoms with van der Waals surface area (Å²) >= 11 is 6.91. The van der Waals surface area contributed by atoms with Gasteiger partial charge in [0.05, 0.1) is 40.0 Å². The second-order valence-electron chi connectivity index (χ2n) is 6.79. The van der Waals surface area contributed by atoms with Crippen molar-refractivity contribution in [2.24, 2.45) is 0 Å². The molecule has 2 aromatic carbocycles. The molecule has 4 rings (SSSR count). The number of thioether (sulfide) groups is 1. The number of amides is 1. The van der Waals surface area contributed by atoms with Crippen molar-refractivity contribution in [3.05, 3.63) is 87.8 Å². The lowest BCUT2D eigenvalue weighted by atomic mass is 10.1. The first-order valence-corrected chi connectivity index (χ1v) is 11.1. The quantitative estimate of drug-likeness (QED) is 0.253. The Kier molecular flexibility index (Phi) is 6.71. The number of aromatic nitrogens is 3. The third-order valence-corrected chi connectivity index (χ3v) is 5.76. The summed E-state index contributed by atoms with van der Waals surface area (Å²) in [5.41, 5.74) is 0.898. The van der Waals surface area contributed by atoms with E-state index in [4.69, 9.17) is 16.3 Å². The van der Waals surface area contributed by atoms with Gasteiger partial charge in [-0.3, -0.25) is 14.2 Å². The highest BCUT2D eigenvalue weighted by molar-refractivity contribution is 7.99. The average Bonchev–Trinajstić information content (AvgIpc) is 2.84. The minimum atomic E-state index is -0.532. The summed E-state index contributed by atoms with van der Waals surface area (Å²) in [7, 11) is 1.28. The van der Waals surface area contributed by atoms with Crippen LogP contribution in [0.1, 0.15) is 10.4 Å². The highest BCUT2D eigenvalue weighted by Gasteiger charge is 2.17. The Morgan fingerprint density at radius 3 is 2.61 bits per heavy atom. The first-order chi connectivity index (χ1) is 16.0. The van der Waals surface area contributed by atoms with E-state index in [9.17, 15) is 14.4 Å². The Morgan fingerprint density at radius 1 is 1.12 bits per heavy atom. The maximum Gasteiger partial charge on any atom is 0.337 e. The number of anilines is 1. The molecule has 1 amide bonds. The van der Waals surface area contributed by atoms with Crippen molar-refractivity contribution in [3.8, 4) is 5.69 Å². The summed E-state index contributed by atoms with van der Waals surface area (Å²) in [4.78, 5) is 46.4. The Balaban J connectivity index is 1.70. The van der Waals surface area contributed by atoms with E-state index in [1.165, 1.54) is 30.0 Å². The highest BCUT2D eigenvalue weighted by Crippen LogP contribution is 2.22. The number of ether oxygens (including phenoxy) is 1. The number of hydrogen-bond acceptors (Lipinski definition) is 7. The molecule has 0 unspecified atom stereocenters. The molecule has 0 aliphatic heterocycles. The summed E-state index contributed by atoms with van der Waals surface area (Å²) in [6.07, 6.45) is 1.43. The van der Waals surface area contributed by atoms with Crippen LogP contribution in [-0.2, 0) is 9.53 Å². The molecule has 33 heavy (non-hydrogen) atoms. The van der Waals surface area contributed by atoms with Crippen molar-refractivity contribution in [2.75, 3.05) is 18.2 Å². The monoisotopic (exact) mass is 480 g/mol. The van der Waals surface area contributed by atoms with Crippen LogP contribution in [0.15, 0.2) is 76.8 Å². The Labute approximate surface area is 197 Å². The Morgan fingerprint density at radius 2 is 1.91 bits per heavy atom. The molecule has 4 aromatic rings. The number of halogens is 1. The van der Waals surface area contributed by atoms with Crippen LogP contribution in [0.2, 0.25) is 5.02 Å². The molecule has 0 aliphatic rings. The normalized spacial score (nSPS) is 10.7. The lowest BCUT2D eigenvalue weighted by molar-refractivity contribution is -0.113. The number of methoxy groups -OCH3 is 1. The zero-order valence-electron chi connectivity index (χ0n) is 17.3. The lowest BCUT2D eigenvalue weighted by Crippen LogP contribution is -2.23. The molecule has 0 fully saturated rings. The van der Waals surface area contributed by atoms with Gasteiger partial charge in [-0.15, -0.1) is 0 Å². The zero-order valence-corrected chi connectivity index (χ0v) is 18.9. The predicted octanol–water partition coefficient (Wildman–Crippen LogP) is 3.95. The van der Waals surface area contributed by atoms with Crippen molar-refractivity contribution in [3.63, 3.8) is 0 Å². The molecular formula is C23H17ClN4O4S. The van der Waals surface area contributed by atoms with E-state index >= 15 is 0 Å². The number of pyridine rings is 1. The molecule has 0 saturated heterocycles. The van der Waals surface area contributed by atoms with Gasteiger partial charge >= 0.3 is 5.97 Å². The van der Waals surface area contributed by atoms with Crippen molar-refractivity contribution < 1.29 is 14.3 Å². The Bertz CT molecular complexity index is 1390. The first-order valence-electron chi connectivity index (χ1n) is 9.71. The van der Waals surface area contributed by atoms with Crippen molar-refractivity contribution >= 4 is 52.0 Å². The topological polar surface area (TPSA) is 103 Å². The molecule has 10 heteroatoms. The average molecular weight is 481 g/mol. The first kappa shape index (κ1) is 22.5. The molecule has 1 N–H and O–H groups in total. The van der Waals surface area contributed by atoms with Gasteiger partial charge in [-0.2, -0.15) is 0 Å². The van der Waals surface area contributed by atoms with E-state index in [1.54, 1.807) is 42.5 Å². The van der Waals surface area contributed by atoms with Crippen LogP contribution in [0.4, 0.5) is 5.82 Å². The number of para-hydroxylation sites is 1. The number of carbonyl (C=O) groups is 2. The van der Waals surface area contributed by atoms with Crippen LogP contribution in [0.25, 0.3) is 16.6 Å². The zero-order chi connectivity index (χ0) is 23.4. The van der Waals surface area contributed by atoms with Crippen LogP contribution in [-0.4, -0.2) is 39.3 Å². The summed E-state index contributed by atoms with van der Waals surface area (Å²) < 4.78 is 6.20. The summed E-state index contributed by atoms with van der Waals surface area (Å²) in [5, 5.41) is 3.78. The van der Waals surface area contributed by atoms with Crippen molar-refractivity contribution in [2.45, 2.75) is 5.16 Å². The fourth-order valence-corrected chi connectivity index (χ4v) is 4.00. The van der Waals surface area contributed by atoms with Gasteiger partial charge in [-0.05, 0) is 42.5 Å². The van der Waals surface area contributed by atoms with Crippen LogP contribution in [0.3, 0.4) is 0 Å². The number of nitrogens with zero attached hydrogens (tertiary/aromatic N) is 3. The molecule has 0 atom stereocenters. The maximum atomic E-state index is 13.3. The molecule has 0 aliphatic carbocycles. The van der Waals surface area contributed by atoms with E-state index in [0.717, 1.165) is 11.8 Å². The van der Waals surface area contributed by atoms with Crippen LogP contribution < -0.4 is 10.9 Å². The minimum Gasteiger partial charge on any atom is -0.465 e. The molecule has 2 heterocycles. The highest BCUT2D eigenvalue weighted by atomic mass is 35.5. The summed E-state index contributed by atoms with van der Waals surface area (Å²) in [5.74, 6) is -0.520. The van der Waals surface area contributed by atoms with Gasteiger partial charge < -0.3 is 10.1 Å². The van der Waals surface area contributed by atoms with Gasteiger partial charge in [0, 0.05) is 6.20 Å². The third kappa shape index (κ3) is 5.05. The van der Waals surface area contributed by atoms with Gasteiger partial charge in [-0.25, -0.2) is 14.8 Å². The van der Waals surface area contributed by atoms with E-state index in [1.807, 2.05) is 6.07 Å². The fraction of sp³-hybridized carbons (Fsp3) is 0.0870. The second kappa shape index (κ2) is 9.85. The number of nitrogens with one attached hydrogen (secondary N) is 1. The number of carbonyl (C=O) groups excluding carboxylic acids is 2. The van der Waals surface area contributed by atoms with Crippen LogP contribution >= 0.6 is 23.4 Å².